The fourth-order valence-electron chi connectivity index (χ4n) is 4.08. The van der Waals surface area contributed by atoms with Crippen molar-refractivity contribution in [3.8, 4) is 11.4 Å². The smallest absolute Gasteiger partial charge is 0.317 e. The molecule has 0 aromatic carbocycles. The van der Waals surface area contributed by atoms with Gasteiger partial charge in [-0.2, -0.15) is 4.98 Å². The molecule has 8 nitrogen and oxygen atoms in total. The molecular formula is C18H23N5O3. The lowest BCUT2D eigenvalue weighted by Crippen LogP contribution is -2.51. The molecular weight excluding hydrogens is 334 g/mol. The standard InChI is InChI=1S/C18H23N5O3/c1-25-9-8-20-18(24)23-14-2-3-15(23)11-13(10-14)17-21-16(22-26-17)12-4-6-19-7-5-12/h4-7,13-15H,2-3,8-11H2,1H3,(H,20,24)/t13?,14-,15+. The molecule has 4 rings (SSSR count). The number of hydrogen-bond donors (Lipinski definition) is 1. The number of ether oxygens (including phenoxy) is 1. The number of pyridine rings is 1. The maximum absolute atomic E-state index is 12.5. The highest BCUT2D eigenvalue weighted by Crippen LogP contribution is 2.42. The SMILES string of the molecule is COCCNC(=O)N1[C@@H]2CC[C@H]1CC(c1nc(-c3ccncc3)no1)C2. The molecule has 2 fully saturated rings. The van der Waals surface area contributed by atoms with Crippen LogP contribution < -0.4 is 5.32 Å². The van der Waals surface area contributed by atoms with Gasteiger partial charge in [0.25, 0.3) is 0 Å². The van der Waals surface area contributed by atoms with E-state index >= 15 is 0 Å². The van der Waals surface area contributed by atoms with E-state index in [-0.39, 0.29) is 24.0 Å². The summed E-state index contributed by atoms with van der Waals surface area (Å²) in [5.41, 5.74) is 0.896. The van der Waals surface area contributed by atoms with Crippen LogP contribution in [-0.2, 0) is 4.74 Å². The van der Waals surface area contributed by atoms with Crippen LogP contribution in [0.5, 0.6) is 0 Å². The van der Waals surface area contributed by atoms with Crippen LogP contribution in [0.3, 0.4) is 0 Å². The van der Waals surface area contributed by atoms with Crippen LogP contribution in [0.1, 0.15) is 37.5 Å². The highest BCUT2D eigenvalue weighted by Gasteiger charge is 2.45. The van der Waals surface area contributed by atoms with E-state index in [4.69, 9.17) is 9.26 Å². The fourth-order valence-corrected chi connectivity index (χ4v) is 4.08. The highest BCUT2D eigenvalue weighted by atomic mass is 16.5. The predicted molar refractivity (Wildman–Crippen MR) is 93.4 cm³/mol. The van der Waals surface area contributed by atoms with E-state index in [0.717, 1.165) is 31.2 Å². The molecule has 8 heteroatoms. The highest BCUT2D eigenvalue weighted by molar-refractivity contribution is 5.75. The summed E-state index contributed by atoms with van der Waals surface area (Å²) in [6, 6.07) is 4.21. The third-order valence-electron chi connectivity index (χ3n) is 5.28. The van der Waals surface area contributed by atoms with Gasteiger partial charge in [-0.1, -0.05) is 5.16 Å². The largest absolute Gasteiger partial charge is 0.383 e. The van der Waals surface area contributed by atoms with Crippen molar-refractivity contribution in [2.24, 2.45) is 0 Å². The summed E-state index contributed by atoms with van der Waals surface area (Å²) >= 11 is 0. The number of nitrogens with one attached hydrogen (secondary N) is 1. The van der Waals surface area contributed by atoms with E-state index in [0.29, 0.717) is 24.9 Å². The van der Waals surface area contributed by atoms with Gasteiger partial charge in [-0.3, -0.25) is 4.98 Å². The van der Waals surface area contributed by atoms with E-state index in [9.17, 15) is 4.79 Å². The number of amides is 2. The van der Waals surface area contributed by atoms with Crippen molar-refractivity contribution in [3.05, 3.63) is 30.4 Å². The Kier molecular flexibility index (Phi) is 4.83. The van der Waals surface area contributed by atoms with Crippen LogP contribution in [0.15, 0.2) is 29.0 Å². The third kappa shape index (κ3) is 3.29. The molecule has 2 aliphatic rings. The van der Waals surface area contributed by atoms with Crippen molar-refractivity contribution < 1.29 is 14.1 Å². The Hall–Kier alpha value is -2.48. The molecule has 0 radical (unpaired) electrons. The van der Waals surface area contributed by atoms with Gasteiger partial charge in [0.2, 0.25) is 11.7 Å². The van der Waals surface area contributed by atoms with Crippen LogP contribution in [0.25, 0.3) is 11.4 Å². The van der Waals surface area contributed by atoms with E-state index in [1.54, 1.807) is 19.5 Å². The molecule has 0 saturated carbocycles. The number of urea groups is 1. The maximum atomic E-state index is 12.5. The zero-order valence-corrected chi connectivity index (χ0v) is 14.8. The van der Waals surface area contributed by atoms with E-state index < -0.39 is 0 Å². The quantitative estimate of drug-likeness (QED) is 0.825. The first-order valence-corrected chi connectivity index (χ1v) is 9.05. The minimum absolute atomic E-state index is 0.0102. The molecule has 2 amide bonds. The van der Waals surface area contributed by atoms with Crippen LogP contribution >= 0.6 is 0 Å². The summed E-state index contributed by atoms with van der Waals surface area (Å²) in [7, 11) is 1.63. The molecule has 2 aliphatic heterocycles. The number of nitrogens with zero attached hydrogens (tertiary/aromatic N) is 4. The monoisotopic (exact) mass is 357 g/mol. The van der Waals surface area contributed by atoms with Gasteiger partial charge in [0.1, 0.15) is 0 Å². The number of rotatable bonds is 5. The Balaban J connectivity index is 1.43. The molecule has 26 heavy (non-hydrogen) atoms. The van der Waals surface area contributed by atoms with Gasteiger partial charge < -0.3 is 19.5 Å². The molecule has 3 atom stereocenters. The summed E-state index contributed by atoms with van der Waals surface area (Å²) in [6.45, 7) is 1.06. The molecule has 1 N–H and O–H groups in total. The number of carbonyl (C=O) groups excluding carboxylic acids is 1. The molecule has 1 unspecified atom stereocenters. The van der Waals surface area contributed by atoms with Gasteiger partial charge in [-0.25, -0.2) is 4.79 Å². The summed E-state index contributed by atoms with van der Waals surface area (Å²) in [4.78, 5) is 23.1. The molecule has 0 spiro atoms. The lowest BCUT2D eigenvalue weighted by atomic mass is 9.91. The van der Waals surface area contributed by atoms with Crippen molar-refractivity contribution in [1.82, 2.24) is 25.3 Å². The summed E-state index contributed by atoms with van der Waals surface area (Å²) < 4.78 is 10.5. The van der Waals surface area contributed by atoms with Crippen molar-refractivity contribution in [2.75, 3.05) is 20.3 Å². The number of aromatic nitrogens is 3. The summed E-state index contributed by atoms with van der Waals surface area (Å²) in [5, 5.41) is 7.05. The minimum atomic E-state index is 0.0102. The second-order valence-electron chi connectivity index (χ2n) is 6.88. The lowest BCUT2D eigenvalue weighted by molar-refractivity contribution is 0.127. The Labute approximate surface area is 151 Å². The first-order chi connectivity index (χ1) is 12.8. The molecule has 138 valence electrons. The van der Waals surface area contributed by atoms with E-state index in [2.05, 4.69) is 20.4 Å². The Morgan fingerprint density at radius 3 is 2.73 bits per heavy atom. The number of methoxy groups -OCH3 is 1. The van der Waals surface area contributed by atoms with Gasteiger partial charge in [0, 0.05) is 49.6 Å². The molecule has 2 saturated heterocycles. The first kappa shape index (κ1) is 17.0. The van der Waals surface area contributed by atoms with Crippen molar-refractivity contribution in [1.29, 1.82) is 0 Å². The van der Waals surface area contributed by atoms with Gasteiger partial charge in [0.15, 0.2) is 0 Å². The minimum Gasteiger partial charge on any atom is -0.383 e. The molecule has 2 bridgehead atoms. The topological polar surface area (TPSA) is 93.4 Å². The predicted octanol–water partition coefficient (Wildman–Crippen LogP) is 2.20. The van der Waals surface area contributed by atoms with Crippen molar-refractivity contribution in [2.45, 2.75) is 43.7 Å². The second kappa shape index (κ2) is 7.41. The average Bonchev–Trinajstić information content (AvgIpc) is 3.26. The van der Waals surface area contributed by atoms with Crippen LogP contribution in [0.2, 0.25) is 0 Å². The molecule has 0 aliphatic carbocycles. The number of hydrogen-bond acceptors (Lipinski definition) is 6. The normalized spacial score (nSPS) is 24.7. The Morgan fingerprint density at radius 2 is 2.04 bits per heavy atom. The van der Waals surface area contributed by atoms with Crippen LogP contribution in [-0.4, -0.2) is 58.4 Å². The lowest BCUT2D eigenvalue weighted by Gasteiger charge is -2.37. The number of fused-ring (bicyclic) bond motifs is 2. The van der Waals surface area contributed by atoms with Gasteiger partial charge in [0.05, 0.1) is 6.61 Å². The summed E-state index contributed by atoms with van der Waals surface area (Å²) in [5.74, 6) is 1.47. The number of piperidine rings is 1. The number of carbonyl (C=O) groups is 1. The van der Waals surface area contributed by atoms with Gasteiger partial charge in [-0.15, -0.1) is 0 Å². The summed E-state index contributed by atoms with van der Waals surface area (Å²) in [6.07, 6.45) is 7.23. The zero-order valence-electron chi connectivity index (χ0n) is 14.8. The van der Waals surface area contributed by atoms with Gasteiger partial charge in [-0.05, 0) is 37.8 Å². The van der Waals surface area contributed by atoms with Crippen molar-refractivity contribution in [3.63, 3.8) is 0 Å². The fraction of sp³-hybridized carbons (Fsp3) is 0.556. The zero-order chi connectivity index (χ0) is 17.9. The average molecular weight is 357 g/mol. The Morgan fingerprint density at radius 1 is 1.31 bits per heavy atom. The maximum Gasteiger partial charge on any atom is 0.317 e. The van der Waals surface area contributed by atoms with Gasteiger partial charge >= 0.3 is 6.03 Å². The third-order valence-corrected chi connectivity index (χ3v) is 5.28. The van der Waals surface area contributed by atoms with Crippen LogP contribution in [0.4, 0.5) is 4.79 Å². The second-order valence-corrected chi connectivity index (χ2v) is 6.88. The van der Waals surface area contributed by atoms with Crippen LogP contribution in [0, 0.1) is 0 Å². The molecule has 4 heterocycles. The van der Waals surface area contributed by atoms with E-state index in [1.165, 1.54) is 0 Å². The molecule has 2 aromatic heterocycles. The van der Waals surface area contributed by atoms with Crippen molar-refractivity contribution >= 4 is 6.03 Å². The Bertz CT molecular complexity index is 736. The first-order valence-electron chi connectivity index (χ1n) is 9.05. The van der Waals surface area contributed by atoms with E-state index in [1.807, 2.05) is 17.0 Å². The molecule has 2 aromatic rings.